The van der Waals surface area contributed by atoms with Crippen LogP contribution in [0.4, 0.5) is 0 Å². The highest BCUT2D eigenvalue weighted by molar-refractivity contribution is 9.10. The van der Waals surface area contributed by atoms with Gasteiger partial charge in [0, 0.05) is 28.3 Å². The first kappa shape index (κ1) is 23.8. The van der Waals surface area contributed by atoms with Crippen LogP contribution in [0.5, 0.6) is 0 Å². The van der Waals surface area contributed by atoms with Crippen molar-refractivity contribution >= 4 is 51.1 Å². The van der Waals surface area contributed by atoms with Crippen molar-refractivity contribution in [1.82, 2.24) is 10.2 Å². The molecule has 0 fully saturated rings. The van der Waals surface area contributed by atoms with E-state index in [-0.39, 0.29) is 11.8 Å². The predicted molar refractivity (Wildman–Crippen MR) is 125 cm³/mol. The third-order valence-electron chi connectivity index (χ3n) is 4.37. The lowest BCUT2D eigenvalue weighted by atomic mass is 10.1. The van der Waals surface area contributed by atoms with E-state index in [4.69, 9.17) is 11.6 Å². The molecule has 0 aliphatic carbocycles. The molecule has 0 bridgehead atoms. The number of thioether (sulfide) groups is 1. The van der Waals surface area contributed by atoms with Crippen LogP contribution in [0.1, 0.15) is 31.4 Å². The van der Waals surface area contributed by atoms with Gasteiger partial charge in [-0.25, -0.2) is 0 Å². The van der Waals surface area contributed by atoms with Gasteiger partial charge in [-0.1, -0.05) is 58.7 Å². The van der Waals surface area contributed by atoms with Crippen molar-refractivity contribution in [3.05, 3.63) is 69.2 Å². The monoisotopic (exact) mass is 496 g/mol. The summed E-state index contributed by atoms with van der Waals surface area (Å²) in [6, 6.07) is 14.9. The lowest BCUT2D eigenvalue weighted by molar-refractivity contribution is -0.138. The van der Waals surface area contributed by atoms with Gasteiger partial charge in [0.15, 0.2) is 0 Å². The summed E-state index contributed by atoms with van der Waals surface area (Å²) in [5.41, 5.74) is 2.06. The Bertz CT molecular complexity index is 817. The standard InChI is InChI=1S/C22H26BrClN2O2S/c1-3-11-25-22(28)16(2)26(13-17-7-9-19(23)10-8-17)21(27)15-29-14-18-5-4-6-20(24)12-18/h4-10,12,16H,3,11,13-15H2,1-2H3,(H,25,28). The highest BCUT2D eigenvalue weighted by Crippen LogP contribution is 2.19. The maximum atomic E-state index is 13.0. The lowest BCUT2D eigenvalue weighted by Crippen LogP contribution is -2.48. The zero-order chi connectivity index (χ0) is 21.2. The second-order valence-corrected chi connectivity index (χ2v) is 9.08. The van der Waals surface area contributed by atoms with E-state index >= 15 is 0 Å². The van der Waals surface area contributed by atoms with E-state index in [0.717, 1.165) is 22.0 Å². The van der Waals surface area contributed by atoms with Crippen molar-refractivity contribution in [1.29, 1.82) is 0 Å². The number of rotatable bonds is 10. The first-order valence-corrected chi connectivity index (χ1v) is 11.9. The Hall–Kier alpha value is -1.50. The average Bonchev–Trinajstić information content (AvgIpc) is 2.71. The summed E-state index contributed by atoms with van der Waals surface area (Å²) in [7, 11) is 0. The molecule has 1 N–H and O–H groups in total. The summed E-state index contributed by atoms with van der Waals surface area (Å²) in [5.74, 6) is 0.805. The van der Waals surface area contributed by atoms with Gasteiger partial charge in [-0.05, 0) is 48.7 Å². The number of amides is 2. The average molecular weight is 498 g/mol. The third kappa shape index (κ3) is 8.03. The quantitative estimate of drug-likeness (QED) is 0.486. The van der Waals surface area contributed by atoms with Crippen LogP contribution in [0.3, 0.4) is 0 Å². The molecule has 0 saturated carbocycles. The third-order valence-corrected chi connectivity index (χ3v) is 6.12. The van der Waals surface area contributed by atoms with Crippen molar-refractivity contribution in [3.63, 3.8) is 0 Å². The fourth-order valence-corrected chi connectivity index (χ4v) is 4.07. The van der Waals surface area contributed by atoms with Crippen molar-refractivity contribution in [2.45, 2.75) is 38.6 Å². The summed E-state index contributed by atoms with van der Waals surface area (Å²) in [6.45, 7) is 4.78. The fourth-order valence-electron chi connectivity index (χ4n) is 2.73. The van der Waals surface area contributed by atoms with Crippen molar-refractivity contribution in [2.24, 2.45) is 0 Å². The minimum absolute atomic E-state index is 0.0564. The second-order valence-electron chi connectivity index (χ2n) is 6.74. The number of carbonyl (C=O) groups excluding carboxylic acids is 2. The molecular weight excluding hydrogens is 472 g/mol. The predicted octanol–water partition coefficient (Wildman–Crippen LogP) is 5.28. The minimum Gasteiger partial charge on any atom is -0.354 e. The van der Waals surface area contributed by atoms with Crippen LogP contribution in [-0.4, -0.2) is 35.1 Å². The summed E-state index contributed by atoms with van der Waals surface area (Å²) < 4.78 is 0.977. The minimum atomic E-state index is -0.538. The highest BCUT2D eigenvalue weighted by atomic mass is 79.9. The van der Waals surface area contributed by atoms with Crippen LogP contribution >= 0.6 is 39.3 Å². The molecule has 7 heteroatoms. The van der Waals surface area contributed by atoms with Crippen LogP contribution in [0.25, 0.3) is 0 Å². The number of nitrogens with one attached hydrogen (secondary N) is 1. The van der Waals surface area contributed by atoms with Crippen molar-refractivity contribution in [2.75, 3.05) is 12.3 Å². The molecule has 2 amide bonds. The molecular formula is C22H26BrClN2O2S. The summed E-state index contributed by atoms with van der Waals surface area (Å²) in [6.07, 6.45) is 0.856. The van der Waals surface area contributed by atoms with Gasteiger partial charge in [-0.3, -0.25) is 9.59 Å². The molecule has 2 rings (SSSR count). The number of nitrogens with zero attached hydrogens (tertiary/aromatic N) is 1. The van der Waals surface area contributed by atoms with Gasteiger partial charge in [-0.2, -0.15) is 0 Å². The van der Waals surface area contributed by atoms with Crippen LogP contribution in [-0.2, 0) is 21.9 Å². The van der Waals surface area contributed by atoms with Crippen LogP contribution < -0.4 is 5.32 Å². The molecule has 2 aromatic carbocycles. The molecule has 0 aliphatic rings. The smallest absolute Gasteiger partial charge is 0.242 e. The van der Waals surface area contributed by atoms with E-state index < -0.39 is 6.04 Å². The Morgan fingerprint density at radius 3 is 2.55 bits per heavy atom. The van der Waals surface area contributed by atoms with E-state index in [1.54, 1.807) is 11.8 Å². The summed E-state index contributed by atoms with van der Waals surface area (Å²) >= 11 is 11.0. The number of halogens is 2. The van der Waals surface area contributed by atoms with Gasteiger partial charge in [-0.15, -0.1) is 11.8 Å². The highest BCUT2D eigenvalue weighted by Gasteiger charge is 2.25. The van der Waals surface area contributed by atoms with Gasteiger partial charge >= 0.3 is 0 Å². The van der Waals surface area contributed by atoms with Crippen molar-refractivity contribution < 1.29 is 9.59 Å². The van der Waals surface area contributed by atoms with E-state index in [1.165, 1.54) is 11.8 Å². The van der Waals surface area contributed by atoms with E-state index in [2.05, 4.69) is 21.2 Å². The molecule has 156 valence electrons. The van der Waals surface area contributed by atoms with Gasteiger partial charge in [0.2, 0.25) is 11.8 Å². The molecule has 0 saturated heterocycles. The van der Waals surface area contributed by atoms with E-state index in [9.17, 15) is 9.59 Å². The molecule has 4 nitrogen and oxygen atoms in total. The van der Waals surface area contributed by atoms with Crippen LogP contribution in [0.2, 0.25) is 5.02 Å². The van der Waals surface area contributed by atoms with E-state index in [0.29, 0.717) is 29.6 Å². The second kappa shape index (κ2) is 12.3. The van der Waals surface area contributed by atoms with Gasteiger partial charge in [0.25, 0.3) is 0 Å². The first-order valence-electron chi connectivity index (χ1n) is 9.54. The van der Waals surface area contributed by atoms with Gasteiger partial charge < -0.3 is 10.2 Å². The number of hydrogen-bond acceptors (Lipinski definition) is 3. The zero-order valence-corrected chi connectivity index (χ0v) is 19.8. The molecule has 1 atom stereocenters. The molecule has 0 aromatic heterocycles. The number of carbonyl (C=O) groups is 2. The van der Waals surface area contributed by atoms with Crippen molar-refractivity contribution in [3.8, 4) is 0 Å². The Balaban J connectivity index is 2.04. The summed E-state index contributed by atoms with van der Waals surface area (Å²) in [5, 5.41) is 3.58. The molecule has 1 unspecified atom stereocenters. The van der Waals surface area contributed by atoms with Crippen LogP contribution in [0.15, 0.2) is 53.0 Å². The molecule has 0 spiro atoms. The molecule has 0 radical (unpaired) electrons. The Morgan fingerprint density at radius 2 is 1.90 bits per heavy atom. The fraction of sp³-hybridized carbons (Fsp3) is 0.364. The Morgan fingerprint density at radius 1 is 1.17 bits per heavy atom. The normalized spacial score (nSPS) is 11.7. The van der Waals surface area contributed by atoms with Gasteiger partial charge in [0.05, 0.1) is 5.75 Å². The van der Waals surface area contributed by atoms with Crippen LogP contribution in [0, 0.1) is 0 Å². The Labute approximate surface area is 190 Å². The molecule has 2 aromatic rings. The molecule has 0 aliphatic heterocycles. The Kier molecular flexibility index (Phi) is 10.0. The first-order chi connectivity index (χ1) is 13.9. The number of hydrogen-bond donors (Lipinski definition) is 1. The largest absolute Gasteiger partial charge is 0.354 e. The molecule has 29 heavy (non-hydrogen) atoms. The summed E-state index contributed by atoms with van der Waals surface area (Å²) in [4.78, 5) is 27.1. The maximum Gasteiger partial charge on any atom is 0.242 e. The zero-order valence-electron chi connectivity index (χ0n) is 16.7. The van der Waals surface area contributed by atoms with Gasteiger partial charge in [0.1, 0.15) is 6.04 Å². The number of benzene rings is 2. The van der Waals surface area contributed by atoms with E-state index in [1.807, 2.05) is 55.5 Å². The topological polar surface area (TPSA) is 49.4 Å². The molecule has 0 heterocycles. The maximum absolute atomic E-state index is 13.0. The lowest BCUT2D eigenvalue weighted by Gasteiger charge is -2.28. The SMILES string of the molecule is CCCNC(=O)C(C)N(Cc1ccc(Br)cc1)C(=O)CSCc1cccc(Cl)c1.